The molecule has 1 N–H and O–H groups in total. The Kier molecular flexibility index (Phi) is 4.77. The van der Waals surface area contributed by atoms with Crippen LogP contribution in [0.25, 0.3) is 10.8 Å². The molecule has 4 amide bonds. The van der Waals surface area contributed by atoms with Gasteiger partial charge in [-0.25, -0.2) is 13.2 Å². The summed E-state index contributed by atoms with van der Waals surface area (Å²) in [5.74, 6) is -0.846. The van der Waals surface area contributed by atoms with Crippen molar-refractivity contribution in [2.75, 3.05) is 18.1 Å². The van der Waals surface area contributed by atoms with Crippen LogP contribution in [0.3, 0.4) is 0 Å². The molecule has 32 heavy (non-hydrogen) atoms. The number of carbonyl (C=O) groups excluding carboxylic acids is 3. The number of fused-ring (bicyclic) bond motifs is 1. The van der Waals surface area contributed by atoms with Crippen LogP contribution in [0.15, 0.2) is 42.5 Å². The van der Waals surface area contributed by atoms with E-state index < -0.39 is 33.9 Å². The first-order valence-electron chi connectivity index (χ1n) is 10.8. The first kappa shape index (κ1) is 20.9. The minimum absolute atomic E-state index is 0.00832. The molecule has 2 aromatic rings. The van der Waals surface area contributed by atoms with Gasteiger partial charge < -0.3 is 10.2 Å². The fourth-order valence-corrected chi connectivity index (χ4v) is 6.67. The lowest BCUT2D eigenvalue weighted by Crippen LogP contribution is -2.49. The normalized spacial score (nSPS) is 27.0. The predicted octanol–water partition coefficient (Wildman–Crippen LogP) is 1.78. The third-order valence-corrected chi connectivity index (χ3v) is 8.48. The second kappa shape index (κ2) is 7.30. The van der Waals surface area contributed by atoms with Gasteiger partial charge in [-0.2, -0.15) is 0 Å². The van der Waals surface area contributed by atoms with Crippen molar-refractivity contribution in [3.05, 3.63) is 48.0 Å². The summed E-state index contributed by atoms with van der Waals surface area (Å²) in [5.41, 5.74) is -0.621. The maximum Gasteiger partial charge on any atom is 0.325 e. The number of urea groups is 1. The Morgan fingerprint density at radius 1 is 1.09 bits per heavy atom. The molecule has 3 fully saturated rings. The van der Waals surface area contributed by atoms with Crippen LogP contribution in [0.2, 0.25) is 0 Å². The number of amides is 4. The molecule has 168 valence electrons. The van der Waals surface area contributed by atoms with Gasteiger partial charge in [0.1, 0.15) is 12.1 Å². The monoisotopic (exact) mass is 455 g/mol. The minimum atomic E-state index is -3.16. The third kappa shape index (κ3) is 3.44. The van der Waals surface area contributed by atoms with Crippen molar-refractivity contribution >= 4 is 38.5 Å². The highest BCUT2D eigenvalue weighted by molar-refractivity contribution is 7.91. The van der Waals surface area contributed by atoms with E-state index in [2.05, 4.69) is 5.32 Å². The molecule has 2 aliphatic heterocycles. The Morgan fingerprint density at radius 3 is 2.50 bits per heavy atom. The van der Waals surface area contributed by atoms with Crippen LogP contribution in [0, 0.1) is 0 Å². The number of nitrogens with one attached hydrogen (secondary N) is 1. The molecule has 0 spiro atoms. The standard InChI is InChI=1S/C23H25N3O5S/c1-23(19-8-4-6-15-5-2-3-7-18(15)19)21(28)25(22(29)24-23)13-20(27)26(16-9-10-16)17-11-12-32(30,31)14-17/h2-8,16-17H,9-14H2,1H3,(H,24,29)/t17-,23+/m1/s1. The zero-order chi connectivity index (χ0) is 22.7. The van der Waals surface area contributed by atoms with E-state index in [1.165, 1.54) is 0 Å². The van der Waals surface area contributed by atoms with E-state index >= 15 is 0 Å². The molecule has 2 atom stereocenters. The molecule has 0 unspecified atom stereocenters. The summed E-state index contributed by atoms with van der Waals surface area (Å²) in [6, 6.07) is 12.2. The van der Waals surface area contributed by atoms with Gasteiger partial charge >= 0.3 is 6.03 Å². The smallest absolute Gasteiger partial charge is 0.325 e. The lowest BCUT2D eigenvalue weighted by molar-refractivity contribution is -0.140. The van der Waals surface area contributed by atoms with Crippen LogP contribution in [0.4, 0.5) is 4.79 Å². The van der Waals surface area contributed by atoms with Gasteiger partial charge in [0, 0.05) is 12.1 Å². The molecular formula is C23H25N3O5S. The summed E-state index contributed by atoms with van der Waals surface area (Å²) in [5, 5.41) is 4.59. The molecule has 0 aromatic heterocycles. The third-order valence-electron chi connectivity index (χ3n) is 6.73. The van der Waals surface area contributed by atoms with Crippen molar-refractivity contribution in [2.24, 2.45) is 0 Å². The van der Waals surface area contributed by atoms with Crippen molar-refractivity contribution in [3.63, 3.8) is 0 Å². The number of hydrogen-bond donors (Lipinski definition) is 1. The van der Waals surface area contributed by atoms with E-state index in [1.54, 1.807) is 11.8 Å². The summed E-state index contributed by atoms with van der Waals surface area (Å²) in [4.78, 5) is 42.0. The number of imide groups is 1. The average molecular weight is 456 g/mol. The minimum Gasteiger partial charge on any atom is -0.334 e. The Labute approximate surface area is 186 Å². The topological polar surface area (TPSA) is 104 Å². The fourth-order valence-electron chi connectivity index (χ4n) is 4.95. The summed E-state index contributed by atoms with van der Waals surface area (Å²) in [6.45, 7) is 1.26. The largest absolute Gasteiger partial charge is 0.334 e. The average Bonchev–Trinajstić information content (AvgIpc) is 3.48. The lowest BCUT2D eigenvalue weighted by Gasteiger charge is -2.30. The Morgan fingerprint density at radius 2 is 1.81 bits per heavy atom. The van der Waals surface area contributed by atoms with E-state index in [4.69, 9.17) is 0 Å². The van der Waals surface area contributed by atoms with Gasteiger partial charge in [-0.3, -0.25) is 14.5 Å². The molecule has 1 aliphatic carbocycles. The van der Waals surface area contributed by atoms with E-state index in [-0.39, 0.29) is 29.5 Å². The highest BCUT2D eigenvalue weighted by atomic mass is 32.2. The van der Waals surface area contributed by atoms with Gasteiger partial charge in [-0.05, 0) is 42.5 Å². The molecule has 3 aliphatic rings. The highest BCUT2D eigenvalue weighted by Gasteiger charge is 2.51. The van der Waals surface area contributed by atoms with Crippen LogP contribution in [0.1, 0.15) is 31.7 Å². The van der Waals surface area contributed by atoms with Crippen molar-refractivity contribution in [1.82, 2.24) is 15.1 Å². The first-order chi connectivity index (χ1) is 15.2. The molecule has 2 aromatic carbocycles. The van der Waals surface area contributed by atoms with Crippen molar-refractivity contribution < 1.29 is 22.8 Å². The van der Waals surface area contributed by atoms with Gasteiger partial charge in [0.15, 0.2) is 9.84 Å². The Bertz CT molecular complexity index is 1230. The van der Waals surface area contributed by atoms with E-state index in [0.29, 0.717) is 12.0 Å². The van der Waals surface area contributed by atoms with Gasteiger partial charge in [0.2, 0.25) is 5.91 Å². The zero-order valence-electron chi connectivity index (χ0n) is 17.8. The summed E-state index contributed by atoms with van der Waals surface area (Å²) < 4.78 is 23.9. The molecule has 8 nitrogen and oxygen atoms in total. The summed E-state index contributed by atoms with van der Waals surface area (Å²) in [7, 11) is -3.16. The molecule has 5 rings (SSSR count). The van der Waals surface area contributed by atoms with Crippen LogP contribution in [-0.2, 0) is 25.0 Å². The number of carbonyl (C=O) groups is 3. The molecule has 9 heteroatoms. The maximum atomic E-state index is 13.4. The lowest BCUT2D eigenvalue weighted by atomic mass is 9.88. The molecular weight excluding hydrogens is 430 g/mol. The number of sulfone groups is 1. The second-order valence-electron chi connectivity index (χ2n) is 9.06. The van der Waals surface area contributed by atoms with Crippen LogP contribution in [-0.4, -0.2) is 66.2 Å². The number of benzene rings is 2. The quantitative estimate of drug-likeness (QED) is 0.693. The SMILES string of the molecule is C[C@@]1(c2cccc3ccccc23)NC(=O)N(CC(=O)N(C2CC2)[C@@H]2CCS(=O)(=O)C2)C1=O. The van der Waals surface area contributed by atoms with Crippen LogP contribution in [0.5, 0.6) is 0 Å². The summed E-state index contributed by atoms with van der Waals surface area (Å²) in [6.07, 6.45) is 2.03. The van der Waals surface area contributed by atoms with Crippen molar-refractivity contribution in [3.8, 4) is 0 Å². The Balaban J connectivity index is 1.41. The molecule has 0 bridgehead atoms. The first-order valence-corrected chi connectivity index (χ1v) is 12.7. The zero-order valence-corrected chi connectivity index (χ0v) is 18.6. The van der Waals surface area contributed by atoms with Crippen LogP contribution < -0.4 is 5.32 Å². The Hall–Kier alpha value is -2.94. The van der Waals surface area contributed by atoms with Gasteiger partial charge in [-0.1, -0.05) is 42.5 Å². The second-order valence-corrected chi connectivity index (χ2v) is 11.3. The van der Waals surface area contributed by atoms with Gasteiger partial charge in [0.05, 0.1) is 11.5 Å². The predicted molar refractivity (Wildman–Crippen MR) is 118 cm³/mol. The van der Waals surface area contributed by atoms with Crippen LogP contribution >= 0.6 is 0 Å². The number of rotatable bonds is 5. The van der Waals surface area contributed by atoms with Gasteiger partial charge in [-0.15, -0.1) is 0 Å². The molecule has 0 radical (unpaired) electrons. The van der Waals surface area contributed by atoms with Crippen molar-refractivity contribution in [2.45, 2.75) is 43.8 Å². The number of hydrogen-bond acceptors (Lipinski definition) is 5. The molecule has 2 heterocycles. The summed E-state index contributed by atoms with van der Waals surface area (Å²) >= 11 is 0. The van der Waals surface area contributed by atoms with Crippen molar-refractivity contribution in [1.29, 1.82) is 0 Å². The number of nitrogens with zero attached hydrogens (tertiary/aromatic N) is 2. The maximum absolute atomic E-state index is 13.4. The molecule has 1 saturated carbocycles. The van der Waals surface area contributed by atoms with Gasteiger partial charge in [0.25, 0.3) is 5.91 Å². The fraction of sp³-hybridized carbons (Fsp3) is 0.435. The van der Waals surface area contributed by atoms with E-state index in [0.717, 1.165) is 28.5 Å². The highest BCUT2D eigenvalue weighted by Crippen LogP contribution is 2.35. The molecule has 2 saturated heterocycles. The van der Waals surface area contributed by atoms with E-state index in [1.807, 2.05) is 42.5 Å². The van der Waals surface area contributed by atoms with E-state index in [9.17, 15) is 22.8 Å².